The van der Waals surface area contributed by atoms with Gasteiger partial charge in [0.2, 0.25) is 5.91 Å². The summed E-state index contributed by atoms with van der Waals surface area (Å²) in [6.07, 6.45) is 0. The number of hydrogen-bond acceptors (Lipinski definition) is 2. The number of carbonyl (C=O) groups excluding carboxylic acids is 1. The summed E-state index contributed by atoms with van der Waals surface area (Å²) in [5, 5.41) is 2.70. The van der Waals surface area contributed by atoms with Gasteiger partial charge in [0.05, 0.1) is 6.54 Å². The molecule has 1 aromatic carbocycles. The number of para-hydroxylation sites is 1. The van der Waals surface area contributed by atoms with Crippen LogP contribution in [0.4, 0.5) is 5.69 Å². The average molecular weight is 164 g/mol. The minimum Gasteiger partial charge on any atom is -0.325 e. The Bertz CT molecular complexity index is 284. The normalized spacial score (nSPS) is 9.50. The Morgan fingerprint density at radius 1 is 1.50 bits per heavy atom. The van der Waals surface area contributed by atoms with Crippen LogP contribution in [-0.4, -0.2) is 12.5 Å². The first-order valence-corrected chi connectivity index (χ1v) is 3.79. The van der Waals surface area contributed by atoms with Crippen molar-refractivity contribution in [2.24, 2.45) is 5.73 Å². The van der Waals surface area contributed by atoms with E-state index in [9.17, 15) is 4.79 Å². The van der Waals surface area contributed by atoms with E-state index in [-0.39, 0.29) is 12.5 Å². The van der Waals surface area contributed by atoms with Crippen molar-refractivity contribution in [3.63, 3.8) is 0 Å². The van der Waals surface area contributed by atoms with Crippen LogP contribution in [0, 0.1) is 6.92 Å². The summed E-state index contributed by atoms with van der Waals surface area (Å²) < 4.78 is 0. The van der Waals surface area contributed by atoms with Crippen LogP contribution in [0.2, 0.25) is 0 Å². The molecule has 0 bridgehead atoms. The number of nitrogens with two attached hydrogens (primary N) is 1. The SMILES string of the molecule is Cc1ccccc1NC(=O)CN. The Labute approximate surface area is 71.6 Å². The van der Waals surface area contributed by atoms with Crippen molar-refractivity contribution in [1.29, 1.82) is 0 Å². The van der Waals surface area contributed by atoms with Gasteiger partial charge in [-0.25, -0.2) is 0 Å². The third kappa shape index (κ3) is 2.07. The predicted octanol–water partition coefficient (Wildman–Crippen LogP) is 0.892. The van der Waals surface area contributed by atoms with Crippen molar-refractivity contribution < 1.29 is 4.79 Å². The fraction of sp³-hybridized carbons (Fsp3) is 0.222. The smallest absolute Gasteiger partial charge is 0.238 e. The van der Waals surface area contributed by atoms with Crippen molar-refractivity contribution in [2.75, 3.05) is 11.9 Å². The maximum Gasteiger partial charge on any atom is 0.238 e. The minimum absolute atomic E-state index is 0.0222. The molecule has 0 saturated carbocycles. The van der Waals surface area contributed by atoms with E-state index in [1.807, 2.05) is 31.2 Å². The Kier molecular flexibility index (Phi) is 2.82. The van der Waals surface area contributed by atoms with Gasteiger partial charge >= 0.3 is 0 Å². The number of nitrogens with one attached hydrogen (secondary N) is 1. The standard InChI is InChI=1S/C9H12N2O/c1-7-4-2-3-5-8(7)11-9(12)6-10/h2-5H,6,10H2,1H3,(H,11,12). The molecule has 12 heavy (non-hydrogen) atoms. The molecule has 3 heteroatoms. The van der Waals surface area contributed by atoms with E-state index in [0.717, 1.165) is 11.3 Å². The molecule has 1 rings (SSSR count). The van der Waals surface area contributed by atoms with Gasteiger partial charge in [-0.15, -0.1) is 0 Å². The molecule has 0 radical (unpaired) electrons. The molecule has 0 aliphatic carbocycles. The Morgan fingerprint density at radius 3 is 2.75 bits per heavy atom. The van der Waals surface area contributed by atoms with Gasteiger partial charge in [0.1, 0.15) is 0 Å². The third-order valence-corrected chi connectivity index (χ3v) is 1.60. The Hall–Kier alpha value is -1.35. The number of hydrogen-bond donors (Lipinski definition) is 2. The van der Waals surface area contributed by atoms with Gasteiger partial charge in [-0.1, -0.05) is 18.2 Å². The summed E-state index contributed by atoms with van der Waals surface area (Å²) in [6.45, 7) is 1.96. The molecule has 3 N–H and O–H groups in total. The van der Waals surface area contributed by atoms with Crippen LogP contribution in [0.15, 0.2) is 24.3 Å². The monoisotopic (exact) mass is 164 g/mol. The lowest BCUT2D eigenvalue weighted by Crippen LogP contribution is -2.22. The first kappa shape index (κ1) is 8.74. The molecule has 0 spiro atoms. The molecule has 0 aliphatic heterocycles. The highest BCUT2D eigenvalue weighted by atomic mass is 16.1. The molecule has 1 aromatic rings. The average Bonchev–Trinajstić information content (AvgIpc) is 2.09. The zero-order valence-corrected chi connectivity index (χ0v) is 7.00. The predicted molar refractivity (Wildman–Crippen MR) is 48.9 cm³/mol. The lowest BCUT2D eigenvalue weighted by molar-refractivity contribution is -0.114. The number of carbonyl (C=O) groups is 1. The maximum atomic E-state index is 10.9. The van der Waals surface area contributed by atoms with Crippen LogP contribution in [0.25, 0.3) is 0 Å². The molecular formula is C9H12N2O. The van der Waals surface area contributed by atoms with E-state index in [1.54, 1.807) is 0 Å². The quantitative estimate of drug-likeness (QED) is 0.682. The van der Waals surface area contributed by atoms with Crippen LogP contribution < -0.4 is 11.1 Å². The van der Waals surface area contributed by atoms with Crippen molar-refractivity contribution in [3.8, 4) is 0 Å². The maximum absolute atomic E-state index is 10.9. The second-order valence-electron chi connectivity index (χ2n) is 2.57. The van der Waals surface area contributed by atoms with Crippen LogP contribution in [0.1, 0.15) is 5.56 Å². The van der Waals surface area contributed by atoms with E-state index in [1.165, 1.54) is 0 Å². The molecule has 3 nitrogen and oxygen atoms in total. The van der Waals surface area contributed by atoms with Gasteiger partial charge in [0, 0.05) is 5.69 Å². The van der Waals surface area contributed by atoms with Crippen molar-refractivity contribution in [3.05, 3.63) is 29.8 Å². The minimum atomic E-state index is -0.163. The molecule has 0 aliphatic rings. The van der Waals surface area contributed by atoms with E-state index >= 15 is 0 Å². The zero-order valence-electron chi connectivity index (χ0n) is 7.00. The number of benzene rings is 1. The van der Waals surface area contributed by atoms with Gasteiger partial charge in [-0.3, -0.25) is 4.79 Å². The molecular weight excluding hydrogens is 152 g/mol. The van der Waals surface area contributed by atoms with Crippen molar-refractivity contribution in [2.45, 2.75) is 6.92 Å². The van der Waals surface area contributed by atoms with Crippen molar-refractivity contribution >= 4 is 11.6 Å². The van der Waals surface area contributed by atoms with E-state index in [2.05, 4.69) is 5.32 Å². The van der Waals surface area contributed by atoms with Gasteiger partial charge in [0.15, 0.2) is 0 Å². The fourth-order valence-electron chi connectivity index (χ4n) is 0.914. The topological polar surface area (TPSA) is 55.1 Å². The second-order valence-corrected chi connectivity index (χ2v) is 2.57. The van der Waals surface area contributed by atoms with Crippen molar-refractivity contribution in [1.82, 2.24) is 0 Å². The highest BCUT2D eigenvalue weighted by molar-refractivity contribution is 5.92. The summed E-state index contributed by atoms with van der Waals surface area (Å²) in [7, 11) is 0. The van der Waals surface area contributed by atoms with E-state index in [4.69, 9.17) is 5.73 Å². The summed E-state index contributed by atoms with van der Waals surface area (Å²) >= 11 is 0. The van der Waals surface area contributed by atoms with Gasteiger partial charge < -0.3 is 11.1 Å². The number of aryl methyl sites for hydroxylation is 1. The fourth-order valence-corrected chi connectivity index (χ4v) is 0.914. The van der Waals surface area contributed by atoms with Crippen LogP contribution in [0.3, 0.4) is 0 Å². The highest BCUT2D eigenvalue weighted by Crippen LogP contribution is 2.12. The Balaban J connectivity index is 2.75. The van der Waals surface area contributed by atoms with Gasteiger partial charge in [-0.05, 0) is 18.6 Å². The summed E-state index contributed by atoms with van der Waals surface area (Å²) in [4.78, 5) is 10.9. The zero-order chi connectivity index (χ0) is 8.97. The van der Waals surface area contributed by atoms with Crippen LogP contribution in [0.5, 0.6) is 0 Å². The molecule has 0 atom stereocenters. The lowest BCUT2D eigenvalue weighted by Gasteiger charge is -2.05. The summed E-state index contributed by atoms with van der Waals surface area (Å²) in [6, 6.07) is 7.58. The highest BCUT2D eigenvalue weighted by Gasteiger charge is 1.99. The molecule has 0 saturated heterocycles. The van der Waals surface area contributed by atoms with Crippen LogP contribution in [-0.2, 0) is 4.79 Å². The molecule has 64 valence electrons. The lowest BCUT2D eigenvalue weighted by atomic mass is 10.2. The number of amides is 1. The molecule has 0 unspecified atom stereocenters. The Morgan fingerprint density at radius 2 is 2.17 bits per heavy atom. The molecule has 1 amide bonds. The first-order valence-electron chi connectivity index (χ1n) is 3.79. The number of anilines is 1. The molecule has 0 fully saturated rings. The van der Waals surface area contributed by atoms with Gasteiger partial charge in [0.25, 0.3) is 0 Å². The summed E-state index contributed by atoms with van der Waals surface area (Å²) in [5.74, 6) is -0.163. The third-order valence-electron chi connectivity index (χ3n) is 1.60. The van der Waals surface area contributed by atoms with E-state index in [0.29, 0.717) is 0 Å². The molecule has 0 heterocycles. The van der Waals surface area contributed by atoms with Gasteiger partial charge in [-0.2, -0.15) is 0 Å². The number of rotatable bonds is 2. The van der Waals surface area contributed by atoms with Crippen LogP contribution >= 0.6 is 0 Å². The van der Waals surface area contributed by atoms with E-state index < -0.39 is 0 Å². The second kappa shape index (κ2) is 3.88. The molecule has 0 aromatic heterocycles. The summed E-state index contributed by atoms with van der Waals surface area (Å²) in [5.41, 5.74) is 7.03. The first-order chi connectivity index (χ1) is 5.74. The largest absolute Gasteiger partial charge is 0.325 e.